The van der Waals surface area contributed by atoms with Gasteiger partial charge in [0.2, 0.25) is 0 Å². The van der Waals surface area contributed by atoms with E-state index in [2.05, 4.69) is 49.6 Å². The van der Waals surface area contributed by atoms with E-state index in [1.165, 1.54) is 49.5 Å². The molecule has 0 bridgehead atoms. The van der Waals surface area contributed by atoms with Crippen molar-refractivity contribution in [1.82, 2.24) is 5.01 Å². The number of hydrogen-bond acceptors (Lipinski definition) is 21. The van der Waals surface area contributed by atoms with Crippen molar-refractivity contribution in [2.45, 2.75) is 19.6 Å². The number of rotatable bonds is 16. The Morgan fingerprint density at radius 2 is 1.59 bits per heavy atom. The molecule has 0 aliphatic rings. The van der Waals surface area contributed by atoms with E-state index in [9.17, 15) is 39.8 Å². The number of sulfone groups is 1. The number of hydrogen-bond donors (Lipinski definition) is 5. The molecule has 0 fully saturated rings. The Hall–Kier alpha value is -4.99. The average Bonchev–Trinajstić information content (AvgIpc) is 3.11. The molecular weight excluding hydrogens is 823 g/mol. The van der Waals surface area contributed by atoms with E-state index < -0.39 is 52.4 Å². The molecule has 0 aromatic heterocycles. The summed E-state index contributed by atoms with van der Waals surface area (Å²) in [5.74, 6) is -1.30. The molecule has 0 heterocycles. The van der Waals surface area contributed by atoms with Crippen molar-refractivity contribution >= 4 is 93.4 Å². The van der Waals surface area contributed by atoms with Crippen LogP contribution < -0.4 is 5.73 Å². The molecule has 4 aromatic rings. The predicted octanol–water partition coefficient (Wildman–Crippen LogP) is 5.78. The number of nitrogen functional groups attached to an aromatic ring is 1. The second-order valence-corrected chi connectivity index (χ2v) is 16.2. The number of azo groups is 2. The number of nitrogens with two attached hydrogens (primary N) is 1. The molecule has 0 radical (unpaired) electrons. The number of fused-ring (bicyclic) bond motifs is 1. The number of aromatic hydroxyl groups is 1. The Balaban J connectivity index is 1.74. The van der Waals surface area contributed by atoms with Gasteiger partial charge in [-0.1, -0.05) is 11.1 Å². The largest absolute Gasteiger partial charge is 0.505 e. The maximum atomic E-state index is 12.6. The number of benzene rings is 4. The molecule has 0 atom stereocenters. The van der Waals surface area contributed by atoms with Crippen LogP contribution >= 0.6 is 23.8 Å². The highest BCUT2D eigenvalue weighted by Gasteiger charge is 2.26. The molecule has 286 valence electrons. The number of nitrogens with zero attached hydrogens (tertiary/aromatic N) is 6. The zero-order chi connectivity index (χ0) is 39.7. The van der Waals surface area contributed by atoms with E-state index >= 15 is 0 Å². The van der Waals surface area contributed by atoms with Gasteiger partial charge >= 0.3 is 10.4 Å². The Morgan fingerprint density at radius 3 is 2.24 bits per heavy atom. The Labute approximate surface area is 313 Å². The van der Waals surface area contributed by atoms with Gasteiger partial charge in [-0.25, -0.2) is 13.7 Å². The second kappa shape index (κ2) is 17.9. The fourth-order valence-electron chi connectivity index (χ4n) is 4.14. The smallest absolute Gasteiger partial charge is 0.433 e. The molecule has 0 amide bonds. The fraction of sp³-hybridized carbons (Fsp3) is 0.111. The first-order chi connectivity index (χ1) is 25.4. The van der Waals surface area contributed by atoms with Crippen molar-refractivity contribution in [3.63, 3.8) is 0 Å². The van der Waals surface area contributed by atoms with Gasteiger partial charge in [0.05, 0.1) is 61.9 Å². The van der Waals surface area contributed by atoms with E-state index in [0.717, 1.165) is 22.8 Å². The van der Waals surface area contributed by atoms with Crippen molar-refractivity contribution in [3.8, 4) is 17.1 Å². The van der Waals surface area contributed by atoms with E-state index in [4.69, 9.17) is 15.5 Å². The van der Waals surface area contributed by atoms with E-state index in [1.807, 2.05) is 6.11 Å². The van der Waals surface area contributed by atoms with Crippen molar-refractivity contribution in [1.29, 1.82) is 0 Å². The molecule has 0 aliphatic heterocycles. The Kier molecular flexibility index (Phi) is 13.8. The quantitative estimate of drug-likeness (QED) is 0.0103. The molecule has 0 aliphatic carbocycles. The van der Waals surface area contributed by atoms with E-state index in [1.54, 1.807) is 12.1 Å². The van der Waals surface area contributed by atoms with Gasteiger partial charge in [-0.05, 0) is 76.1 Å². The van der Waals surface area contributed by atoms with Crippen LogP contribution in [0.4, 0.5) is 28.4 Å². The normalized spacial score (nSPS) is 12.2. The number of nitroso groups, excluding NO2 is 1. The topological polar surface area (TPSA) is 328 Å². The van der Waals surface area contributed by atoms with Gasteiger partial charge in [-0.15, -0.1) is 19.5 Å². The van der Waals surface area contributed by atoms with Crippen molar-refractivity contribution < 1.29 is 63.3 Å². The molecule has 27 heteroatoms. The Morgan fingerprint density at radius 1 is 0.907 bits per heavy atom. The number of phenols is 1. The lowest BCUT2D eigenvalue weighted by molar-refractivity contribution is -0.432. The third kappa shape index (κ3) is 11.3. The Bertz CT molecular complexity index is 2510. The van der Waals surface area contributed by atoms with Crippen molar-refractivity contribution in [2.24, 2.45) is 25.7 Å². The average molecular weight is 846 g/mol. The molecule has 54 heavy (non-hydrogen) atoms. The summed E-state index contributed by atoms with van der Waals surface area (Å²) in [6.45, 7) is -0.165. The number of thioether (sulfide) groups is 1. The summed E-state index contributed by atoms with van der Waals surface area (Å²) in [7, 11) is -12.5. The summed E-state index contributed by atoms with van der Waals surface area (Å²) in [6, 6.07) is 13.1. The fourth-order valence-corrected chi connectivity index (χ4v) is 7.23. The van der Waals surface area contributed by atoms with Crippen molar-refractivity contribution in [3.05, 3.63) is 65.6 Å². The summed E-state index contributed by atoms with van der Waals surface area (Å²) in [4.78, 5) is 14.0. The van der Waals surface area contributed by atoms with Crippen LogP contribution in [0.3, 0.4) is 0 Å². The summed E-state index contributed by atoms with van der Waals surface area (Å²) < 4.78 is 97.7. The van der Waals surface area contributed by atoms with Crippen LogP contribution in [0.1, 0.15) is 0 Å². The minimum Gasteiger partial charge on any atom is -0.505 e. The predicted molar refractivity (Wildman–Crippen MR) is 190 cm³/mol. The third-order valence-electron chi connectivity index (χ3n) is 6.49. The molecule has 4 aromatic carbocycles. The SMILES string of the molecule is CN(CCS(=O)(=O)c1ccc(N=Nc2c(S(=O)(=O)O)cc3cc(SOOO)c(N=Nc4cccc(SC#COOS(=O)(=O)O)c4)c(N)c3c2O)cc1)N=O. The van der Waals surface area contributed by atoms with Crippen LogP contribution in [0.5, 0.6) is 5.75 Å². The summed E-state index contributed by atoms with van der Waals surface area (Å²) in [5, 5.41) is 45.2. The van der Waals surface area contributed by atoms with E-state index in [0.29, 0.717) is 16.9 Å². The number of phenolic OH excluding ortho intramolecular Hbond substituents is 1. The maximum absolute atomic E-state index is 12.6. The van der Waals surface area contributed by atoms with E-state index in [-0.39, 0.29) is 49.9 Å². The van der Waals surface area contributed by atoms with Gasteiger partial charge in [-0.3, -0.25) is 19.0 Å². The summed E-state index contributed by atoms with van der Waals surface area (Å²) in [6.07, 6.45) is 1.88. The first-order valence-corrected chi connectivity index (χ1v) is 20.0. The first kappa shape index (κ1) is 41.8. The minimum absolute atomic E-state index is 0.00195. The molecule has 0 saturated heterocycles. The number of anilines is 1. The molecule has 0 spiro atoms. The lowest BCUT2D eigenvalue weighted by atomic mass is 10.1. The molecule has 4 rings (SSSR count). The van der Waals surface area contributed by atoms with Crippen LogP contribution in [-0.2, 0) is 48.9 Å². The second-order valence-electron chi connectivity index (χ2n) is 10.1. The van der Waals surface area contributed by atoms with Gasteiger partial charge in [-0.2, -0.15) is 27.1 Å². The van der Waals surface area contributed by atoms with Gasteiger partial charge in [0.1, 0.15) is 16.3 Å². The molecular formula is C27H23N7O15S5. The highest BCUT2D eigenvalue weighted by atomic mass is 32.3. The van der Waals surface area contributed by atoms with Crippen molar-refractivity contribution in [2.75, 3.05) is 25.1 Å². The molecule has 22 nitrogen and oxygen atoms in total. The zero-order valence-electron chi connectivity index (χ0n) is 26.8. The zero-order valence-corrected chi connectivity index (χ0v) is 30.9. The maximum Gasteiger partial charge on any atom is 0.433 e. The third-order valence-corrected chi connectivity index (χ3v) is 10.6. The van der Waals surface area contributed by atoms with Gasteiger partial charge in [0, 0.05) is 17.2 Å². The summed E-state index contributed by atoms with van der Waals surface area (Å²) in [5.41, 5.74) is 5.33. The monoisotopic (exact) mass is 845 g/mol. The molecule has 0 unspecified atom stereocenters. The van der Waals surface area contributed by atoms with Crippen LogP contribution in [-0.4, -0.2) is 69.1 Å². The van der Waals surface area contributed by atoms with Crippen LogP contribution in [0, 0.1) is 16.3 Å². The lowest BCUT2D eigenvalue weighted by Crippen LogP contribution is -2.20. The highest BCUT2D eigenvalue weighted by Crippen LogP contribution is 2.49. The molecule has 6 N–H and O–H groups in total. The van der Waals surface area contributed by atoms with Gasteiger partial charge < -0.3 is 10.8 Å². The highest BCUT2D eigenvalue weighted by molar-refractivity contribution is 8.04. The van der Waals surface area contributed by atoms with Gasteiger partial charge in [0.25, 0.3) is 10.1 Å². The van der Waals surface area contributed by atoms with Crippen LogP contribution in [0.2, 0.25) is 0 Å². The van der Waals surface area contributed by atoms with Gasteiger partial charge in [0.15, 0.2) is 21.7 Å². The molecule has 0 saturated carbocycles. The first-order valence-electron chi connectivity index (χ1n) is 14.0. The summed E-state index contributed by atoms with van der Waals surface area (Å²) >= 11 is 1.20. The van der Waals surface area contributed by atoms with Crippen LogP contribution in [0.25, 0.3) is 10.8 Å². The standard InChI is InChI=1S/C27H23N7O15S5/c1-34(33-36)9-12-52(38,39)20-7-5-17(6-8-20)29-32-26-22(53(40,41)42)14-16-13-21(51-48-47-37)25(24(28)23(16)27(26)35)31-30-18-3-2-4-19(15-18)50-11-10-46-49-54(43,44)45/h2-8,13-15,35,37H,9,12,28H2,1H3,(H,40,41,42)(H,43,44,45). The lowest BCUT2D eigenvalue weighted by Gasteiger charge is -2.14. The van der Waals surface area contributed by atoms with Crippen LogP contribution in [0.15, 0.2) is 106 Å². The minimum atomic E-state index is -5.09.